The van der Waals surface area contributed by atoms with E-state index in [1.54, 1.807) is 17.0 Å². The van der Waals surface area contributed by atoms with E-state index in [1.807, 2.05) is 30.3 Å². The van der Waals surface area contributed by atoms with Gasteiger partial charge >= 0.3 is 0 Å². The second kappa shape index (κ2) is 4.48. The van der Waals surface area contributed by atoms with E-state index < -0.39 is 6.04 Å². The van der Waals surface area contributed by atoms with Gasteiger partial charge in [-0.15, -0.1) is 0 Å². The summed E-state index contributed by atoms with van der Waals surface area (Å²) in [5.41, 5.74) is 7.54. The Morgan fingerprint density at radius 1 is 1.00 bits per heavy atom. The number of hydrogen-bond donors (Lipinski definition) is 1. The predicted octanol–water partition coefficient (Wildman–Crippen LogP) is 2.24. The minimum Gasteiger partial charge on any atom is -0.318 e. The smallest absolute Gasteiger partial charge is 0.247 e. The molecule has 19 heavy (non-hydrogen) atoms. The van der Waals surface area contributed by atoms with Gasteiger partial charge in [-0.1, -0.05) is 30.3 Å². The third-order valence-corrected chi connectivity index (χ3v) is 3.39. The van der Waals surface area contributed by atoms with Gasteiger partial charge in [-0.2, -0.15) is 0 Å². The molecule has 0 aliphatic carbocycles. The van der Waals surface area contributed by atoms with Gasteiger partial charge in [0.15, 0.2) is 0 Å². The molecule has 0 radical (unpaired) electrons. The Morgan fingerprint density at radius 2 is 1.63 bits per heavy atom. The van der Waals surface area contributed by atoms with E-state index in [1.165, 1.54) is 12.1 Å². The molecule has 1 aliphatic heterocycles. The van der Waals surface area contributed by atoms with Crippen molar-refractivity contribution < 1.29 is 9.18 Å². The van der Waals surface area contributed by atoms with Crippen LogP contribution in [0.1, 0.15) is 11.6 Å². The van der Waals surface area contributed by atoms with E-state index in [0.717, 1.165) is 5.56 Å². The zero-order valence-corrected chi connectivity index (χ0v) is 10.2. The summed E-state index contributed by atoms with van der Waals surface area (Å²) in [6.45, 7) is 0. The summed E-state index contributed by atoms with van der Waals surface area (Å²) >= 11 is 0. The molecular weight excluding hydrogens is 243 g/mol. The number of nitrogens with zero attached hydrogens (tertiary/aromatic N) is 1. The summed E-state index contributed by atoms with van der Waals surface area (Å²) in [7, 11) is 0. The fraction of sp³-hybridized carbons (Fsp3) is 0.133. The third-order valence-electron chi connectivity index (χ3n) is 3.39. The number of halogens is 1. The highest BCUT2D eigenvalue weighted by Gasteiger charge is 2.46. The molecule has 1 heterocycles. The number of carbonyl (C=O) groups is 1. The molecule has 0 unspecified atom stereocenters. The lowest BCUT2D eigenvalue weighted by Gasteiger charge is -2.45. The summed E-state index contributed by atoms with van der Waals surface area (Å²) in [6, 6.07) is 14.8. The van der Waals surface area contributed by atoms with Gasteiger partial charge in [0, 0.05) is 5.69 Å². The van der Waals surface area contributed by atoms with Crippen molar-refractivity contribution in [2.24, 2.45) is 5.73 Å². The molecule has 1 fully saturated rings. The monoisotopic (exact) mass is 256 g/mol. The number of benzene rings is 2. The number of amides is 1. The van der Waals surface area contributed by atoms with Crippen LogP contribution in [0, 0.1) is 5.82 Å². The molecule has 3 rings (SSSR count). The van der Waals surface area contributed by atoms with Gasteiger partial charge in [0.1, 0.15) is 11.9 Å². The number of carbonyl (C=O) groups excluding carboxylic acids is 1. The quantitative estimate of drug-likeness (QED) is 0.838. The molecule has 2 atom stereocenters. The lowest BCUT2D eigenvalue weighted by Crippen LogP contribution is -2.63. The Hall–Kier alpha value is -2.20. The molecule has 3 nitrogen and oxygen atoms in total. The Kier molecular flexibility index (Phi) is 2.80. The Balaban J connectivity index is 1.96. The number of nitrogens with two attached hydrogens (primary N) is 1. The second-order valence-electron chi connectivity index (χ2n) is 4.57. The van der Waals surface area contributed by atoms with Gasteiger partial charge < -0.3 is 10.6 Å². The largest absolute Gasteiger partial charge is 0.318 e. The molecule has 4 heteroatoms. The lowest BCUT2D eigenvalue weighted by atomic mass is 9.88. The van der Waals surface area contributed by atoms with E-state index in [9.17, 15) is 9.18 Å². The van der Waals surface area contributed by atoms with Crippen LogP contribution in [0.3, 0.4) is 0 Å². The van der Waals surface area contributed by atoms with Crippen LogP contribution in [0.2, 0.25) is 0 Å². The first-order valence-electron chi connectivity index (χ1n) is 6.07. The molecular formula is C15H13FN2O. The standard InChI is InChI=1S/C15H13FN2O/c16-11-6-8-12(9-7-11)18-14(13(17)15(18)19)10-4-2-1-3-5-10/h1-9,13-14H,17H2/t13-,14-/m0/s1. The van der Waals surface area contributed by atoms with E-state index in [-0.39, 0.29) is 17.8 Å². The normalized spacial score (nSPS) is 22.2. The molecule has 2 aromatic carbocycles. The molecule has 0 saturated carbocycles. The van der Waals surface area contributed by atoms with Crippen molar-refractivity contribution in [3.8, 4) is 0 Å². The van der Waals surface area contributed by atoms with Crippen molar-refractivity contribution in [3.05, 3.63) is 66.0 Å². The van der Waals surface area contributed by atoms with Gasteiger partial charge in [0.25, 0.3) is 0 Å². The van der Waals surface area contributed by atoms with E-state index in [2.05, 4.69) is 0 Å². The van der Waals surface area contributed by atoms with Gasteiger partial charge in [0.05, 0.1) is 6.04 Å². The van der Waals surface area contributed by atoms with Crippen molar-refractivity contribution in [1.82, 2.24) is 0 Å². The number of anilines is 1. The first-order chi connectivity index (χ1) is 9.18. The van der Waals surface area contributed by atoms with Crippen LogP contribution >= 0.6 is 0 Å². The SMILES string of the molecule is N[C@@H]1C(=O)N(c2ccc(F)cc2)[C@H]1c1ccccc1. The van der Waals surface area contributed by atoms with Crippen LogP contribution in [0.5, 0.6) is 0 Å². The molecule has 0 bridgehead atoms. The average Bonchev–Trinajstić information content (AvgIpc) is 2.46. The molecule has 1 amide bonds. The zero-order chi connectivity index (χ0) is 13.4. The zero-order valence-electron chi connectivity index (χ0n) is 10.2. The molecule has 1 aliphatic rings. The van der Waals surface area contributed by atoms with Crippen molar-refractivity contribution in [3.63, 3.8) is 0 Å². The van der Waals surface area contributed by atoms with Gasteiger partial charge in [-0.25, -0.2) is 4.39 Å². The molecule has 0 spiro atoms. The van der Waals surface area contributed by atoms with Crippen LogP contribution in [0.4, 0.5) is 10.1 Å². The topological polar surface area (TPSA) is 46.3 Å². The van der Waals surface area contributed by atoms with Crippen molar-refractivity contribution >= 4 is 11.6 Å². The van der Waals surface area contributed by atoms with E-state index >= 15 is 0 Å². The molecule has 96 valence electrons. The molecule has 1 saturated heterocycles. The highest BCUT2D eigenvalue weighted by atomic mass is 19.1. The maximum absolute atomic E-state index is 12.9. The van der Waals surface area contributed by atoms with Crippen LogP contribution in [-0.2, 0) is 4.79 Å². The summed E-state index contributed by atoms with van der Waals surface area (Å²) in [5, 5.41) is 0. The second-order valence-corrected chi connectivity index (χ2v) is 4.57. The summed E-state index contributed by atoms with van der Waals surface area (Å²) in [6.07, 6.45) is 0. The van der Waals surface area contributed by atoms with Crippen molar-refractivity contribution in [2.45, 2.75) is 12.1 Å². The first-order valence-corrected chi connectivity index (χ1v) is 6.07. The van der Waals surface area contributed by atoms with Crippen LogP contribution < -0.4 is 10.6 Å². The predicted molar refractivity (Wildman–Crippen MR) is 71.0 cm³/mol. The Labute approximate surface area is 110 Å². The molecule has 0 aromatic heterocycles. The fourth-order valence-corrected chi connectivity index (χ4v) is 2.41. The molecule has 2 N–H and O–H groups in total. The maximum atomic E-state index is 12.9. The minimum absolute atomic E-state index is 0.138. The summed E-state index contributed by atoms with van der Waals surface area (Å²) < 4.78 is 12.9. The van der Waals surface area contributed by atoms with Gasteiger partial charge in [-0.3, -0.25) is 4.79 Å². The maximum Gasteiger partial charge on any atom is 0.247 e. The minimum atomic E-state index is -0.535. The van der Waals surface area contributed by atoms with Crippen LogP contribution in [0.15, 0.2) is 54.6 Å². The highest BCUT2D eigenvalue weighted by Crippen LogP contribution is 2.37. The number of rotatable bonds is 2. The third kappa shape index (κ3) is 1.90. The van der Waals surface area contributed by atoms with E-state index in [0.29, 0.717) is 5.69 Å². The summed E-state index contributed by atoms with van der Waals surface area (Å²) in [5.74, 6) is -0.460. The Bertz CT molecular complexity index is 597. The van der Waals surface area contributed by atoms with Crippen LogP contribution in [-0.4, -0.2) is 11.9 Å². The fourth-order valence-electron chi connectivity index (χ4n) is 2.41. The van der Waals surface area contributed by atoms with Gasteiger partial charge in [0.2, 0.25) is 5.91 Å². The van der Waals surface area contributed by atoms with E-state index in [4.69, 9.17) is 5.73 Å². The Morgan fingerprint density at radius 3 is 2.26 bits per heavy atom. The summed E-state index contributed by atoms with van der Waals surface area (Å²) in [4.78, 5) is 13.5. The number of β-lactam (4-membered cyclic amide) rings is 1. The van der Waals surface area contributed by atoms with Crippen molar-refractivity contribution in [1.29, 1.82) is 0 Å². The van der Waals surface area contributed by atoms with Gasteiger partial charge in [-0.05, 0) is 29.8 Å². The highest BCUT2D eigenvalue weighted by molar-refractivity contribution is 6.05. The number of hydrogen-bond acceptors (Lipinski definition) is 2. The average molecular weight is 256 g/mol. The molecule has 2 aromatic rings. The first kappa shape index (κ1) is 11.9. The lowest BCUT2D eigenvalue weighted by molar-refractivity contribution is -0.126. The van der Waals surface area contributed by atoms with Crippen LogP contribution in [0.25, 0.3) is 0 Å². The van der Waals surface area contributed by atoms with Crippen molar-refractivity contribution in [2.75, 3.05) is 4.90 Å².